The predicted octanol–water partition coefficient (Wildman–Crippen LogP) is -3.94. The van der Waals surface area contributed by atoms with Gasteiger partial charge in [0, 0.05) is 5.41 Å². The minimum absolute atomic E-state index is 0.0290. The molecule has 6 saturated heterocycles. The van der Waals surface area contributed by atoms with Gasteiger partial charge < -0.3 is 134 Å². The summed E-state index contributed by atoms with van der Waals surface area (Å²) in [6.45, 7) is 11.3. The van der Waals surface area contributed by atoms with Crippen LogP contribution in [-0.2, 0) is 47.4 Å². The lowest BCUT2D eigenvalue weighted by Gasteiger charge is -2.66. The molecule has 4 aliphatic carbocycles. The quantitative estimate of drug-likeness (QED) is 0.0783. The Kier molecular flexibility index (Phi) is 20.6. The molecular formula is C60H100O27. The Morgan fingerprint density at radius 1 is 0.494 bits per heavy atom. The fraction of sp³-hybridized carbons (Fsp3) is 0.967. The zero-order valence-electron chi connectivity index (χ0n) is 50.8. The predicted molar refractivity (Wildman–Crippen MR) is 296 cm³/mol. The van der Waals surface area contributed by atoms with Gasteiger partial charge in [-0.25, -0.2) is 0 Å². The lowest BCUT2D eigenvalue weighted by molar-refractivity contribution is -0.365. The molecule has 502 valence electrons. The summed E-state index contributed by atoms with van der Waals surface area (Å²) in [6.07, 6.45) is -31.6. The topological polar surface area (TPSA) is 436 Å². The van der Waals surface area contributed by atoms with Crippen molar-refractivity contribution in [2.24, 2.45) is 45.3 Å². The number of aliphatic hydroxyl groups excluding tert-OH is 16. The Balaban J connectivity index is 0.867. The smallest absolute Gasteiger partial charge is 0.187 e. The number of ether oxygens (including phenoxy) is 10. The molecule has 0 spiro atoms. The van der Waals surface area contributed by atoms with Gasteiger partial charge in [-0.3, -0.25) is 0 Å². The van der Waals surface area contributed by atoms with Crippen LogP contribution < -0.4 is 0 Å². The summed E-state index contributed by atoms with van der Waals surface area (Å²) < 4.78 is 61.3. The van der Waals surface area contributed by atoms with Gasteiger partial charge in [-0.05, 0) is 118 Å². The number of hydrogen-bond donors (Lipinski definition) is 17. The van der Waals surface area contributed by atoms with Crippen molar-refractivity contribution in [3.8, 4) is 0 Å². The van der Waals surface area contributed by atoms with Gasteiger partial charge in [0.05, 0.1) is 56.9 Å². The Morgan fingerprint density at radius 3 is 1.70 bits per heavy atom. The van der Waals surface area contributed by atoms with Crippen LogP contribution in [0, 0.1) is 45.3 Å². The number of allylic oxidation sites excluding steroid dienone is 1. The maximum absolute atomic E-state index is 12.2. The molecule has 34 atom stereocenters. The van der Waals surface area contributed by atoms with Gasteiger partial charge in [0.1, 0.15) is 122 Å². The average molecular weight is 1250 g/mol. The molecule has 2 bridgehead atoms. The highest BCUT2D eigenvalue weighted by atomic mass is 16.8. The Hall–Kier alpha value is -1.34. The van der Waals surface area contributed by atoms with Crippen molar-refractivity contribution in [2.45, 2.75) is 284 Å². The highest BCUT2D eigenvalue weighted by molar-refractivity contribution is 5.31. The van der Waals surface area contributed by atoms with E-state index in [9.17, 15) is 86.8 Å². The van der Waals surface area contributed by atoms with E-state index in [1.807, 2.05) is 0 Å². The van der Waals surface area contributed by atoms with E-state index < -0.39 is 216 Å². The van der Waals surface area contributed by atoms with Crippen molar-refractivity contribution in [1.29, 1.82) is 0 Å². The SMILES string of the molecule is CC(C)(O)C1CCC(C2CCC3(C)C4CC=C5C(CCC(OC6OC(CO)C(OC7OC(CO)C(O)C(O)C7O)C(O)C6O)C5(C)C)C4(C)CCC23C)OC2C(O)C(CO)OC(OC3C(C1)OC(COC1OC(CO)C(O)C(O)C1O)C(O)C3O)C2O. The van der Waals surface area contributed by atoms with E-state index in [-0.39, 0.29) is 40.4 Å². The van der Waals surface area contributed by atoms with Crippen molar-refractivity contribution >= 4 is 0 Å². The molecule has 27 heteroatoms. The molecule has 27 nitrogen and oxygen atoms in total. The van der Waals surface area contributed by atoms with Gasteiger partial charge >= 0.3 is 0 Å². The highest BCUT2D eigenvalue weighted by Crippen LogP contribution is 2.75. The molecule has 34 unspecified atom stereocenters. The summed E-state index contributed by atoms with van der Waals surface area (Å²) in [4.78, 5) is 0. The first-order valence-corrected chi connectivity index (χ1v) is 31.4. The van der Waals surface area contributed by atoms with Crippen LogP contribution in [0.15, 0.2) is 11.6 Å². The molecule has 87 heavy (non-hydrogen) atoms. The lowest BCUT2D eigenvalue weighted by Crippen LogP contribution is -2.66. The fourth-order valence-corrected chi connectivity index (χ4v) is 17.7. The summed E-state index contributed by atoms with van der Waals surface area (Å²) in [5.41, 5.74) is -1.60. The summed E-state index contributed by atoms with van der Waals surface area (Å²) in [6, 6.07) is 0. The van der Waals surface area contributed by atoms with Crippen molar-refractivity contribution in [3.05, 3.63) is 11.6 Å². The van der Waals surface area contributed by atoms with Crippen LogP contribution in [0.3, 0.4) is 0 Å². The third kappa shape index (κ3) is 12.1. The van der Waals surface area contributed by atoms with Crippen LogP contribution in [0.2, 0.25) is 0 Å². The molecule has 0 aromatic carbocycles. The molecule has 17 N–H and O–H groups in total. The Bertz CT molecular complexity index is 2320. The van der Waals surface area contributed by atoms with Gasteiger partial charge in [0.2, 0.25) is 0 Å². The zero-order chi connectivity index (χ0) is 63.4. The van der Waals surface area contributed by atoms with Crippen LogP contribution in [0.4, 0.5) is 0 Å². The average Bonchev–Trinajstić information content (AvgIpc) is 1.68. The van der Waals surface area contributed by atoms with Gasteiger partial charge in [-0.2, -0.15) is 0 Å². The second kappa shape index (κ2) is 26.1. The third-order valence-electron chi connectivity index (χ3n) is 23.4. The number of hydrogen-bond acceptors (Lipinski definition) is 27. The molecule has 10 aliphatic rings. The Labute approximate surface area is 506 Å². The first-order valence-electron chi connectivity index (χ1n) is 31.4. The minimum atomic E-state index is -1.81. The monoisotopic (exact) mass is 1250 g/mol. The van der Waals surface area contributed by atoms with Crippen LogP contribution in [0.5, 0.6) is 0 Å². The van der Waals surface area contributed by atoms with Crippen molar-refractivity contribution in [1.82, 2.24) is 0 Å². The molecule has 3 saturated carbocycles. The molecule has 10 rings (SSSR count). The summed E-state index contributed by atoms with van der Waals surface area (Å²) in [5, 5.41) is 186. The van der Waals surface area contributed by atoms with E-state index in [1.165, 1.54) is 5.57 Å². The lowest BCUT2D eigenvalue weighted by atomic mass is 9.39. The molecule has 0 radical (unpaired) electrons. The zero-order valence-corrected chi connectivity index (χ0v) is 50.8. The summed E-state index contributed by atoms with van der Waals surface area (Å²) >= 11 is 0. The van der Waals surface area contributed by atoms with E-state index in [0.29, 0.717) is 19.3 Å². The summed E-state index contributed by atoms with van der Waals surface area (Å²) in [5.74, 6) is -0.407. The van der Waals surface area contributed by atoms with Gasteiger partial charge in [0.15, 0.2) is 25.2 Å². The van der Waals surface area contributed by atoms with Gasteiger partial charge in [-0.1, -0.05) is 46.3 Å². The Morgan fingerprint density at radius 2 is 1.07 bits per heavy atom. The first-order chi connectivity index (χ1) is 40.9. The maximum atomic E-state index is 12.2. The van der Waals surface area contributed by atoms with E-state index in [4.69, 9.17) is 47.4 Å². The van der Waals surface area contributed by atoms with Crippen LogP contribution in [0.25, 0.3) is 0 Å². The third-order valence-corrected chi connectivity index (χ3v) is 23.4. The van der Waals surface area contributed by atoms with E-state index in [1.54, 1.807) is 13.8 Å². The standard InChI is InChI=1S/C60H100O27/c1-56(2)25-9-12-35-58(5,26(25)10-13-36(56)85-53-47(75)44(72)50(33(22-64)84-53)87-54-46(74)42(70)38(66)31(20-62)82-54)16-17-59(6)27(14-15-60(35,59)7)28-11-8-24(57(3,4)77)18-29-49(86-55-48(76)51(80-28)40(68)32(21-63)83-55)43(71)39(67)34(79-29)23-78-52-45(73)41(69)37(65)30(19-61)81-52/h9,24,26-55,61-77H,8,10-23H2,1-7H3. The number of rotatable bonds is 13. The first kappa shape index (κ1) is 68.5. The van der Waals surface area contributed by atoms with E-state index in [2.05, 4.69) is 40.7 Å². The van der Waals surface area contributed by atoms with Crippen molar-refractivity contribution in [2.75, 3.05) is 33.0 Å². The van der Waals surface area contributed by atoms with Crippen molar-refractivity contribution in [3.63, 3.8) is 0 Å². The minimum Gasteiger partial charge on any atom is -0.394 e. The fourth-order valence-electron chi connectivity index (χ4n) is 17.7. The highest BCUT2D eigenvalue weighted by Gasteiger charge is 2.69. The molecule has 0 amide bonds. The van der Waals surface area contributed by atoms with Crippen LogP contribution in [-0.4, -0.2) is 291 Å². The largest absolute Gasteiger partial charge is 0.394 e. The van der Waals surface area contributed by atoms with E-state index >= 15 is 0 Å². The second-order valence-corrected chi connectivity index (χ2v) is 28.7. The number of fused-ring (bicyclic) bond motifs is 8. The molecule has 6 aliphatic heterocycles. The van der Waals surface area contributed by atoms with Crippen LogP contribution in [0.1, 0.15) is 113 Å². The van der Waals surface area contributed by atoms with Gasteiger partial charge in [0.25, 0.3) is 0 Å². The molecular weight excluding hydrogens is 1150 g/mol. The van der Waals surface area contributed by atoms with Crippen LogP contribution >= 0.6 is 0 Å². The second-order valence-electron chi connectivity index (χ2n) is 28.7. The molecule has 6 heterocycles. The normalized spacial score (nSPS) is 54.0. The maximum Gasteiger partial charge on any atom is 0.187 e. The summed E-state index contributed by atoms with van der Waals surface area (Å²) in [7, 11) is 0. The number of aliphatic hydroxyl groups is 17. The van der Waals surface area contributed by atoms with Gasteiger partial charge in [-0.15, -0.1) is 0 Å². The molecule has 0 aromatic heterocycles. The van der Waals surface area contributed by atoms with E-state index in [0.717, 1.165) is 38.5 Å². The van der Waals surface area contributed by atoms with Crippen molar-refractivity contribution < 1.29 is 134 Å². The molecule has 9 fully saturated rings. The molecule has 0 aromatic rings.